The number of hydrogen-bond acceptors (Lipinski definition) is 4. The highest BCUT2D eigenvalue weighted by atomic mass is 32.2. The fourth-order valence-electron chi connectivity index (χ4n) is 1.74. The predicted octanol–water partition coefficient (Wildman–Crippen LogP) is 2.21. The molecule has 1 aromatic carbocycles. The number of nitrogens with two attached hydrogens (primary N) is 1. The van der Waals surface area contributed by atoms with Gasteiger partial charge in [-0.2, -0.15) is 0 Å². The summed E-state index contributed by atoms with van der Waals surface area (Å²) in [6, 6.07) is 6.46. The van der Waals surface area contributed by atoms with Gasteiger partial charge in [0.15, 0.2) is 0 Å². The summed E-state index contributed by atoms with van der Waals surface area (Å²) in [7, 11) is 1.77. The molecule has 1 aromatic rings. The van der Waals surface area contributed by atoms with Gasteiger partial charge in [0.25, 0.3) is 0 Å². The van der Waals surface area contributed by atoms with Crippen molar-refractivity contribution in [2.24, 2.45) is 5.73 Å². The van der Waals surface area contributed by atoms with Crippen molar-refractivity contribution in [3.8, 4) is 0 Å². The lowest BCUT2D eigenvalue weighted by atomic mass is 10.1. The van der Waals surface area contributed by atoms with Gasteiger partial charge >= 0.3 is 0 Å². The van der Waals surface area contributed by atoms with Crippen LogP contribution in [0.2, 0.25) is 0 Å². The van der Waals surface area contributed by atoms with E-state index < -0.39 is 0 Å². The van der Waals surface area contributed by atoms with E-state index in [9.17, 15) is 4.39 Å². The first-order valence-corrected chi connectivity index (χ1v) is 7.66. The van der Waals surface area contributed by atoms with Crippen molar-refractivity contribution >= 4 is 11.8 Å². The van der Waals surface area contributed by atoms with Gasteiger partial charge in [-0.3, -0.25) is 4.90 Å². The Morgan fingerprint density at radius 3 is 2.47 bits per heavy atom. The molecule has 1 heterocycles. The molecule has 0 saturated carbocycles. The number of hydrogen-bond donors (Lipinski definition) is 1. The number of likely N-dealkylation sites (tertiary alicyclic amines) is 1. The molecule has 1 fully saturated rings. The molecule has 0 aliphatic carbocycles. The molecule has 1 aliphatic heterocycles. The summed E-state index contributed by atoms with van der Waals surface area (Å²) in [5.41, 5.74) is 5.36. The largest absolute Gasteiger partial charge is 0.379 e. The molecular formula is C14H23FN2OS. The van der Waals surface area contributed by atoms with Crippen LogP contribution in [0.3, 0.4) is 0 Å². The Morgan fingerprint density at radius 2 is 2.00 bits per heavy atom. The maximum absolute atomic E-state index is 12.2. The van der Waals surface area contributed by atoms with Gasteiger partial charge in [0.05, 0.1) is 6.10 Å². The van der Waals surface area contributed by atoms with E-state index in [2.05, 4.69) is 4.90 Å². The van der Waals surface area contributed by atoms with Crippen molar-refractivity contribution in [2.75, 3.05) is 39.5 Å². The average Bonchev–Trinajstić information content (AvgIpc) is 2.39. The molecule has 19 heavy (non-hydrogen) atoms. The van der Waals surface area contributed by atoms with E-state index in [-0.39, 0.29) is 5.82 Å². The van der Waals surface area contributed by atoms with Gasteiger partial charge in [-0.25, -0.2) is 4.39 Å². The summed E-state index contributed by atoms with van der Waals surface area (Å²) in [5.74, 6) is -0.173. The zero-order chi connectivity index (χ0) is 14.1. The van der Waals surface area contributed by atoms with E-state index in [0.717, 1.165) is 37.5 Å². The summed E-state index contributed by atoms with van der Waals surface area (Å²) in [5, 5.41) is 0. The van der Waals surface area contributed by atoms with Crippen molar-refractivity contribution in [1.82, 2.24) is 4.90 Å². The van der Waals surface area contributed by atoms with Crippen LogP contribution in [0.1, 0.15) is 6.42 Å². The average molecular weight is 286 g/mol. The van der Waals surface area contributed by atoms with E-state index in [4.69, 9.17) is 10.5 Å². The standard InChI is InChI=1S/C7H7FS.C7H16N2O/c1-9-7-4-2-6(8)3-5-7;1-10-7-5-9(6-7)4-2-3-8/h2-5H,1H3;7H,2-6,8H2,1H3. The predicted molar refractivity (Wildman–Crippen MR) is 79.1 cm³/mol. The molecule has 0 radical (unpaired) electrons. The summed E-state index contributed by atoms with van der Waals surface area (Å²) >= 11 is 1.61. The summed E-state index contributed by atoms with van der Waals surface area (Å²) in [6.45, 7) is 4.12. The molecule has 0 spiro atoms. The first kappa shape index (κ1) is 16.4. The molecule has 0 bridgehead atoms. The molecule has 1 saturated heterocycles. The minimum atomic E-state index is -0.173. The van der Waals surface area contributed by atoms with Crippen LogP contribution in [0.5, 0.6) is 0 Å². The van der Waals surface area contributed by atoms with Crippen LogP contribution in [-0.2, 0) is 4.74 Å². The molecule has 5 heteroatoms. The lowest BCUT2D eigenvalue weighted by Gasteiger charge is -2.37. The molecule has 1 aliphatic rings. The molecule has 0 atom stereocenters. The summed E-state index contributed by atoms with van der Waals surface area (Å²) in [4.78, 5) is 3.46. The Morgan fingerprint density at radius 1 is 1.37 bits per heavy atom. The Hall–Kier alpha value is -0.620. The van der Waals surface area contributed by atoms with E-state index in [1.165, 1.54) is 12.1 Å². The van der Waals surface area contributed by atoms with Crippen molar-refractivity contribution in [1.29, 1.82) is 0 Å². The van der Waals surface area contributed by atoms with Gasteiger partial charge in [0.2, 0.25) is 0 Å². The zero-order valence-electron chi connectivity index (χ0n) is 11.6. The first-order valence-electron chi connectivity index (χ1n) is 6.44. The number of benzene rings is 1. The highest BCUT2D eigenvalue weighted by molar-refractivity contribution is 7.98. The second-order valence-electron chi connectivity index (χ2n) is 4.42. The zero-order valence-corrected chi connectivity index (χ0v) is 12.5. The SMILES string of the molecule is COC1CN(CCCN)C1.CSc1ccc(F)cc1. The van der Waals surface area contributed by atoms with E-state index in [1.807, 2.05) is 6.26 Å². The molecule has 3 nitrogen and oxygen atoms in total. The van der Waals surface area contributed by atoms with Gasteiger partial charge in [-0.15, -0.1) is 11.8 Å². The number of halogens is 1. The van der Waals surface area contributed by atoms with Gasteiger partial charge in [-0.05, 0) is 50.0 Å². The third-order valence-electron chi connectivity index (χ3n) is 2.98. The quantitative estimate of drug-likeness (QED) is 0.842. The Balaban J connectivity index is 0.000000191. The van der Waals surface area contributed by atoms with Crippen LogP contribution in [0.15, 0.2) is 29.2 Å². The smallest absolute Gasteiger partial charge is 0.123 e. The monoisotopic (exact) mass is 286 g/mol. The minimum absolute atomic E-state index is 0.173. The van der Waals surface area contributed by atoms with Crippen LogP contribution in [0.25, 0.3) is 0 Å². The van der Waals surface area contributed by atoms with Gasteiger partial charge < -0.3 is 10.5 Å². The van der Waals surface area contributed by atoms with Gasteiger partial charge in [0, 0.05) is 25.1 Å². The summed E-state index contributed by atoms with van der Waals surface area (Å²) in [6.07, 6.45) is 3.56. The van der Waals surface area contributed by atoms with Crippen molar-refractivity contribution in [3.05, 3.63) is 30.1 Å². The third-order valence-corrected chi connectivity index (χ3v) is 3.73. The number of nitrogens with zero attached hydrogens (tertiary/aromatic N) is 1. The van der Waals surface area contributed by atoms with Crippen LogP contribution >= 0.6 is 11.8 Å². The topological polar surface area (TPSA) is 38.5 Å². The van der Waals surface area contributed by atoms with Crippen molar-refractivity contribution in [2.45, 2.75) is 17.4 Å². The maximum Gasteiger partial charge on any atom is 0.123 e. The molecule has 2 rings (SSSR count). The van der Waals surface area contributed by atoms with Crippen LogP contribution in [0, 0.1) is 5.82 Å². The van der Waals surface area contributed by atoms with Crippen molar-refractivity contribution in [3.63, 3.8) is 0 Å². The second-order valence-corrected chi connectivity index (χ2v) is 5.30. The van der Waals surface area contributed by atoms with Crippen molar-refractivity contribution < 1.29 is 9.13 Å². The maximum atomic E-state index is 12.2. The minimum Gasteiger partial charge on any atom is -0.379 e. The molecule has 2 N–H and O–H groups in total. The number of methoxy groups -OCH3 is 1. The Bertz CT molecular complexity index is 339. The van der Waals surface area contributed by atoms with Crippen LogP contribution in [0.4, 0.5) is 4.39 Å². The van der Waals surface area contributed by atoms with E-state index in [0.29, 0.717) is 6.10 Å². The highest BCUT2D eigenvalue weighted by Crippen LogP contribution is 2.13. The first-order chi connectivity index (χ1) is 9.19. The van der Waals surface area contributed by atoms with E-state index >= 15 is 0 Å². The number of rotatable bonds is 5. The molecule has 108 valence electrons. The third kappa shape index (κ3) is 6.38. The van der Waals surface area contributed by atoms with E-state index in [1.54, 1.807) is 31.0 Å². The van der Waals surface area contributed by atoms with Crippen LogP contribution in [-0.4, -0.2) is 50.5 Å². The number of ether oxygens (including phenoxy) is 1. The molecule has 0 amide bonds. The normalized spacial score (nSPS) is 15.6. The Labute approximate surface area is 119 Å². The summed E-state index contributed by atoms with van der Waals surface area (Å²) < 4.78 is 17.3. The van der Waals surface area contributed by atoms with Crippen LogP contribution < -0.4 is 5.73 Å². The molecule has 0 aromatic heterocycles. The molecular weight excluding hydrogens is 263 g/mol. The van der Waals surface area contributed by atoms with Gasteiger partial charge in [-0.1, -0.05) is 0 Å². The fourth-order valence-corrected chi connectivity index (χ4v) is 2.15. The lowest BCUT2D eigenvalue weighted by molar-refractivity contribution is -0.0291. The fraction of sp³-hybridized carbons (Fsp3) is 0.571. The Kier molecular flexibility index (Phi) is 8.05. The number of thioether (sulfide) groups is 1. The molecule has 0 unspecified atom stereocenters. The second kappa shape index (κ2) is 9.31. The highest BCUT2D eigenvalue weighted by Gasteiger charge is 2.24. The van der Waals surface area contributed by atoms with Gasteiger partial charge in [0.1, 0.15) is 5.82 Å². The lowest BCUT2D eigenvalue weighted by Crippen LogP contribution is -2.52.